The Morgan fingerprint density at radius 3 is 2.34 bits per heavy atom. The summed E-state index contributed by atoms with van der Waals surface area (Å²) in [7, 11) is 1.73. The van der Waals surface area contributed by atoms with Crippen LogP contribution in [0.25, 0.3) is 23.1 Å². The summed E-state index contributed by atoms with van der Waals surface area (Å²) in [6.45, 7) is 1.73. The van der Waals surface area contributed by atoms with Gasteiger partial charge in [0.2, 0.25) is 0 Å². The van der Waals surface area contributed by atoms with Crippen LogP contribution in [0.3, 0.4) is 0 Å². The molecule has 0 spiro atoms. The molecule has 2 aromatic carbocycles. The van der Waals surface area contributed by atoms with Gasteiger partial charge in [0.05, 0.1) is 11.4 Å². The number of furan rings is 1. The van der Waals surface area contributed by atoms with Gasteiger partial charge in [0.15, 0.2) is 0 Å². The molecule has 0 bridgehead atoms. The van der Waals surface area contributed by atoms with E-state index in [1.807, 2.05) is 54.6 Å². The molecule has 0 saturated heterocycles. The topological polar surface area (TPSA) is 93.0 Å². The number of carbonyl (C=O) groups is 1. The number of aromatic nitrogens is 2. The number of nitriles is 1. The first-order valence-electron chi connectivity index (χ1n) is 9.92. The number of nitrogens with zero attached hydrogens (tertiary/aromatic N) is 3. The molecule has 4 aromatic rings. The number of carbonyl (C=O) groups excluding carboxylic acids is 1. The SMILES string of the molecule is Cc1c(NC(=O)C(C#N)=Cc2ccc(-c3ccccc3)o2)c(=O)n(-c2ccccc2)n1C. The maximum absolute atomic E-state index is 13.0. The fraction of sp³-hybridized carbons (Fsp3) is 0.0800. The first-order valence-corrected chi connectivity index (χ1v) is 9.92. The highest BCUT2D eigenvalue weighted by molar-refractivity contribution is 6.09. The maximum Gasteiger partial charge on any atom is 0.295 e. The van der Waals surface area contributed by atoms with E-state index in [1.54, 1.807) is 42.9 Å². The predicted molar refractivity (Wildman–Crippen MR) is 122 cm³/mol. The highest BCUT2D eigenvalue weighted by Crippen LogP contribution is 2.23. The summed E-state index contributed by atoms with van der Waals surface area (Å²) in [5.41, 5.74) is 1.68. The van der Waals surface area contributed by atoms with Crippen LogP contribution >= 0.6 is 0 Å². The first-order chi connectivity index (χ1) is 15.5. The van der Waals surface area contributed by atoms with Gasteiger partial charge in [-0.15, -0.1) is 0 Å². The van der Waals surface area contributed by atoms with Crippen LogP contribution in [0.15, 0.2) is 87.6 Å². The number of hydrogen-bond acceptors (Lipinski definition) is 4. The highest BCUT2D eigenvalue weighted by Gasteiger charge is 2.20. The third-order valence-electron chi connectivity index (χ3n) is 5.13. The van der Waals surface area contributed by atoms with Crippen molar-refractivity contribution in [2.75, 3.05) is 5.32 Å². The number of rotatable bonds is 5. The number of para-hydroxylation sites is 1. The van der Waals surface area contributed by atoms with Crippen molar-refractivity contribution in [1.82, 2.24) is 9.36 Å². The smallest absolute Gasteiger partial charge is 0.295 e. The molecule has 1 amide bonds. The van der Waals surface area contributed by atoms with Crippen molar-refractivity contribution in [1.29, 1.82) is 5.26 Å². The summed E-state index contributed by atoms with van der Waals surface area (Å²) in [5.74, 6) is 0.303. The van der Waals surface area contributed by atoms with Gasteiger partial charge in [-0.05, 0) is 31.2 Å². The van der Waals surface area contributed by atoms with Crippen LogP contribution in [0.1, 0.15) is 11.5 Å². The fourth-order valence-corrected chi connectivity index (χ4v) is 3.37. The minimum absolute atomic E-state index is 0.118. The molecule has 2 heterocycles. The van der Waals surface area contributed by atoms with Crippen LogP contribution in [-0.4, -0.2) is 15.3 Å². The van der Waals surface area contributed by atoms with Crippen LogP contribution in [0.4, 0.5) is 5.69 Å². The zero-order valence-corrected chi connectivity index (χ0v) is 17.6. The Hall–Kier alpha value is -4.57. The van der Waals surface area contributed by atoms with Crippen molar-refractivity contribution in [3.63, 3.8) is 0 Å². The first kappa shape index (κ1) is 20.7. The largest absolute Gasteiger partial charge is 0.457 e. The standard InChI is InChI=1S/C25H20N4O3/c1-17-23(25(31)29(28(17)2)20-11-7-4-8-12-20)27-24(30)19(16-26)15-21-13-14-22(32-21)18-9-5-3-6-10-18/h3-15H,1-2H3,(H,27,30). The van der Waals surface area contributed by atoms with Crippen molar-refractivity contribution in [3.8, 4) is 23.1 Å². The molecule has 0 fully saturated rings. The van der Waals surface area contributed by atoms with Crippen LogP contribution in [-0.2, 0) is 11.8 Å². The highest BCUT2D eigenvalue weighted by atomic mass is 16.3. The van der Waals surface area contributed by atoms with Crippen molar-refractivity contribution in [2.45, 2.75) is 6.92 Å². The van der Waals surface area contributed by atoms with Crippen LogP contribution in [0.2, 0.25) is 0 Å². The quantitative estimate of drug-likeness (QED) is 0.382. The summed E-state index contributed by atoms with van der Waals surface area (Å²) in [6, 6.07) is 23.9. The molecule has 4 rings (SSSR count). The average molecular weight is 424 g/mol. The predicted octanol–water partition coefficient (Wildman–Crippen LogP) is 4.29. The van der Waals surface area contributed by atoms with E-state index in [1.165, 1.54) is 10.8 Å². The lowest BCUT2D eigenvalue weighted by molar-refractivity contribution is -0.112. The molecule has 0 aliphatic rings. The summed E-state index contributed by atoms with van der Waals surface area (Å²) >= 11 is 0. The molecule has 0 aliphatic heterocycles. The Morgan fingerprint density at radius 2 is 1.69 bits per heavy atom. The minimum atomic E-state index is -0.684. The molecule has 0 saturated carbocycles. The third kappa shape index (κ3) is 3.89. The molecule has 2 aromatic heterocycles. The van der Waals surface area contributed by atoms with E-state index in [-0.39, 0.29) is 16.8 Å². The summed E-state index contributed by atoms with van der Waals surface area (Å²) in [6.07, 6.45) is 1.36. The Labute approximate surface area is 184 Å². The summed E-state index contributed by atoms with van der Waals surface area (Å²) < 4.78 is 8.87. The Balaban J connectivity index is 1.62. The van der Waals surface area contributed by atoms with Crippen LogP contribution in [0, 0.1) is 18.3 Å². The monoisotopic (exact) mass is 424 g/mol. The van der Waals surface area contributed by atoms with Crippen LogP contribution in [0.5, 0.6) is 0 Å². The fourth-order valence-electron chi connectivity index (χ4n) is 3.37. The maximum atomic E-state index is 13.0. The van der Waals surface area contributed by atoms with Gasteiger partial charge in [0.1, 0.15) is 28.9 Å². The van der Waals surface area contributed by atoms with Gasteiger partial charge in [-0.3, -0.25) is 14.3 Å². The summed E-state index contributed by atoms with van der Waals surface area (Å²) in [4.78, 5) is 25.8. The van der Waals surface area contributed by atoms with Gasteiger partial charge < -0.3 is 9.73 Å². The molecule has 1 N–H and O–H groups in total. The van der Waals surface area contributed by atoms with Gasteiger partial charge in [-0.2, -0.15) is 5.26 Å². The second-order valence-corrected chi connectivity index (χ2v) is 7.13. The lowest BCUT2D eigenvalue weighted by Gasteiger charge is -2.07. The van der Waals surface area contributed by atoms with E-state index >= 15 is 0 Å². The van der Waals surface area contributed by atoms with Gasteiger partial charge >= 0.3 is 0 Å². The molecular weight excluding hydrogens is 404 g/mol. The lowest BCUT2D eigenvalue weighted by Crippen LogP contribution is -2.23. The molecule has 32 heavy (non-hydrogen) atoms. The van der Waals surface area contributed by atoms with Gasteiger partial charge in [-0.25, -0.2) is 4.68 Å². The van der Waals surface area contributed by atoms with Gasteiger partial charge in [0, 0.05) is 18.7 Å². The number of benzene rings is 2. The molecule has 0 atom stereocenters. The molecule has 7 heteroatoms. The van der Waals surface area contributed by atoms with Crippen molar-refractivity contribution < 1.29 is 9.21 Å². The molecular formula is C25H20N4O3. The third-order valence-corrected chi connectivity index (χ3v) is 5.13. The van der Waals surface area contributed by atoms with Crippen LogP contribution < -0.4 is 10.9 Å². The Morgan fingerprint density at radius 1 is 1.03 bits per heavy atom. The van der Waals surface area contributed by atoms with E-state index in [0.717, 1.165) is 5.56 Å². The van der Waals surface area contributed by atoms with E-state index in [4.69, 9.17) is 4.42 Å². The van der Waals surface area contributed by atoms with Crippen molar-refractivity contribution in [2.24, 2.45) is 7.05 Å². The average Bonchev–Trinajstić information content (AvgIpc) is 3.37. The zero-order valence-electron chi connectivity index (χ0n) is 17.6. The number of anilines is 1. The normalized spacial score (nSPS) is 11.2. The molecule has 7 nitrogen and oxygen atoms in total. The Bertz CT molecular complexity index is 1400. The summed E-state index contributed by atoms with van der Waals surface area (Å²) in [5, 5.41) is 12.1. The van der Waals surface area contributed by atoms with E-state index in [9.17, 15) is 14.9 Å². The van der Waals surface area contributed by atoms with E-state index < -0.39 is 5.91 Å². The second kappa shape index (κ2) is 8.66. The minimum Gasteiger partial charge on any atom is -0.457 e. The van der Waals surface area contributed by atoms with Gasteiger partial charge in [0.25, 0.3) is 11.5 Å². The Kier molecular flexibility index (Phi) is 5.60. The van der Waals surface area contributed by atoms with E-state index in [0.29, 0.717) is 22.9 Å². The second-order valence-electron chi connectivity index (χ2n) is 7.13. The molecule has 0 aliphatic carbocycles. The molecule has 0 radical (unpaired) electrons. The zero-order chi connectivity index (χ0) is 22.7. The van der Waals surface area contributed by atoms with E-state index in [2.05, 4.69) is 5.32 Å². The lowest BCUT2D eigenvalue weighted by atomic mass is 10.2. The van der Waals surface area contributed by atoms with Gasteiger partial charge in [-0.1, -0.05) is 48.5 Å². The number of nitrogens with one attached hydrogen (secondary N) is 1. The number of amides is 1. The molecule has 158 valence electrons. The number of hydrogen-bond donors (Lipinski definition) is 1. The van der Waals surface area contributed by atoms with Crippen molar-refractivity contribution >= 4 is 17.7 Å². The molecule has 0 unspecified atom stereocenters. The van der Waals surface area contributed by atoms with Crippen molar-refractivity contribution in [3.05, 3.63) is 100 Å².